The van der Waals surface area contributed by atoms with E-state index in [1.54, 1.807) is 13.3 Å². The third-order valence-corrected chi connectivity index (χ3v) is 8.82. The fourth-order valence-electron chi connectivity index (χ4n) is 6.42. The molecule has 45 heavy (non-hydrogen) atoms. The van der Waals surface area contributed by atoms with Gasteiger partial charge in [-0.05, 0) is 52.5 Å². The number of rotatable bonds is 9. The fraction of sp³-hybridized carbons (Fsp3) is 0.441. The first-order chi connectivity index (χ1) is 21.4. The largest absolute Gasteiger partial charge is 0.494 e. The van der Waals surface area contributed by atoms with E-state index in [4.69, 9.17) is 14.8 Å². The van der Waals surface area contributed by atoms with Gasteiger partial charge in [0.05, 0.1) is 18.5 Å². The maximum atomic E-state index is 5.87. The first-order valence-electron chi connectivity index (χ1n) is 15.6. The fourth-order valence-corrected chi connectivity index (χ4v) is 6.42. The number of nitrogens with zero attached hydrogens (tertiary/aromatic N) is 8. The van der Waals surface area contributed by atoms with Crippen molar-refractivity contribution in [2.24, 2.45) is 0 Å². The maximum absolute atomic E-state index is 5.87. The van der Waals surface area contributed by atoms with E-state index in [1.165, 1.54) is 50.3 Å². The number of ether oxygens (including phenoxy) is 1. The van der Waals surface area contributed by atoms with Crippen molar-refractivity contribution >= 4 is 29.7 Å². The van der Waals surface area contributed by atoms with Crippen LogP contribution < -0.4 is 15.0 Å². The molecule has 0 aliphatic carbocycles. The molecule has 0 unspecified atom stereocenters. The molecule has 0 atom stereocenters. The molecule has 0 bridgehead atoms. The lowest BCUT2D eigenvalue weighted by Crippen LogP contribution is -2.52. The Bertz CT molecular complexity index is 1540. The molecule has 11 heteroatoms. The zero-order valence-corrected chi connectivity index (χ0v) is 27.9. The standard InChI is InChI=1S/C34H45N9O.ClH/c1-25-21-29(31(44-5)22-30(25)42-15-12-28(13-16-42)41-19-17-40(4)18-20-41)36-34-35-14-11-32(37-34)43-24-27(23-39(2)3)33(38-43)26-9-7-6-8-10-26;/h6-11,14,21-22,24,28H,12-13,15-20,23H2,1-5H3,(H,35,36,37);1H. The van der Waals surface area contributed by atoms with Crippen molar-refractivity contribution in [3.63, 3.8) is 0 Å². The maximum Gasteiger partial charge on any atom is 0.229 e. The van der Waals surface area contributed by atoms with Crippen molar-refractivity contribution in [3.05, 3.63) is 72.1 Å². The van der Waals surface area contributed by atoms with Gasteiger partial charge in [0.1, 0.15) is 5.75 Å². The number of halogens is 1. The van der Waals surface area contributed by atoms with Crippen LogP contribution in [0.15, 0.2) is 60.9 Å². The van der Waals surface area contributed by atoms with E-state index in [0.29, 0.717) is 17.8 Å². The smallest absolute Gasteiger partial charge is 0.229 e. The van der Waals surface area contributed by atoms with Gasteiger partial charge in [-0.25, -0.2) is 9.67 Å². The lowest BCUT2D eigenvalue weighted by atomic mass is 10.0. The number of aryl methyl sites for hydroxylation is 1. The molecule has 2 fully saturated rings. The van der Waals surface area contributed by atoms with Crippen molar-refractivity contribution in [2.45, 2.75) is 32.4 Å². The summed E-state index contributed by atoms with van der Waals surface area (Å²) in [5.41, 5.74) is 6.45. The number of hydrogen-bond donors (Lipinski definition) is 1. The quantitative estimate of drug-likeness (QED) is 0.272. The van der Waals surface area contributed by atoms with Gasteiger partial charge in [0.15, 0.2) is 5.82 Å². The minimum Gasteiger partial charge on any atom is -0.494 e. The van der Waals surface area contributed by atoms with E-state index in [1.807, 2.05) is 28.9 Å². The molecule has 10 nitrogen and oxygen atoms in total. The summed E-state index contributed by atoms with van der Waals surface area (Å²) in [7, 11) is 8.07. The van der Waals surface area contributed by atoms with Gasteiger partial charge in [0.25, 0.3) is 0 Å². The Morgan fingerprint density at radius 2 is 1.71 bits per heavy atom. The topological polar surface area (TPSA) is 77.8 Å². The number of benzene rings is 2. The van der Waals surface area contributed by atoms with Gasteiger partial charge in [-0.15, -0.1) is 12.4 Å². The van der Waals surface area contributed by atoms with Gasteiger partial charge in [0.2, 0.25) is 5.95 Å². The molecule has 0 amide bonds. The molecule has 6 rings (SSSR count). The van der Waals surface area contributed by atoms with Crippen LogP contribution in [-0.4, -0.2) is 108 Å². The Kier molecular flexibility index (Phi) is 10.6. The average Bonchev–Trinajstić information content (AvgIpc) is 3.45. The van der Waals surface area contributed by atoms with E-state index in [9.17, 15) is 0 Å². The van der Waals surface area contributed by atoms with E-state index < -0.39 is 0 Å². The molecule has 2 aromatic carbocycles. The number of likely N-dealkylation sites (N-methyl/N-ethyl adjacent to an activating group) is 1. The van der Waals surface area contributed by atoms with Crippen molar-refractivity contribution in [2.75, 3.05) is 77.7 Å². The van der Waals surface area contributed by atoms with Crippen molar-refractivity contribution in [1.29, 1.82) is 0 Å². The Balaban J connectivity index is 0.00000400. The van der Waals surface area contributed by atoms with Crippen LogP contribution in [0.5, 0.6) is 5.75 Å². The third kappa shape index (κ3) is 7.58. The average molecular weight is 632 g/mol. The summed E-state index contributed by atoms with van der Waals surface area (Å²) in [5.74, 6) is 1.96. The first-order valence-corrected chi connectivity index (χ1v) is 15.6. The Morgan fingerprint density at radius 1 is 0.978 bits per heavy atom. The predicted octanol–water partition coefficient (Wildman–Crippen LogP) is 5.09. The zero-order chi connectivity index (χ0) is 30.6. The number of piperidine rings is 1. The Morgan fingerprint density at radius 3 is 2.40 bits per heavy atom. The molecule has 4 aromatic rings. The minimum absolute atomic E-state index is 0. The van der Waals surface area contributed by atoms with Crippen LogP contribution >= 0.6 is 12.4 Å². The van der Waals surface area contributed by atoms with Crippen molar-refractivity contribution in [1.82, 2.24) is 34.4 Å². The number of anilines is 3. The van der Waals surface area contributed by atoms with Gasteiger partial charge < -0.3 is 24.8 Å². The molecule has 2 saturated heterocycles. The second kappa shape index (κ2) is 14.6. The normalized spacial score (nSPS) is 16.5. The van der Waals surface area contributed by atoms with Gasteiger partial charge in [0, 0.05) is 93.2 Å². The van der Waals surface area contributed by atoms with Crippen LogP contribution in [0, 0.1) is 6.92 Å². The summed E-state index contributed by atoms with van der Waals surface area (Å²) in [6.45, 7) is 9.78. The van der Waals surface area contributed by atoms with Crippen LogP contribution in [0.1, 0.15) is 24.0 Å². The predicted molar refractivity (Wildman–Crippen MR) is 185 cm³/mol. The van der Waals surface area contributed by atoms with Crippen LogP contribution in [0.2, 0.25) is 0 Å². The third-order valence-electron chi connectivity index (χ3n) is 8.82. The summed E-state index contributed by atoms with van der Waals surface area (Å²) >= 11 is 0. The summed E-state index contributed by atoms with van der Waals surface area (Å²) in [6, 6.07) is 17.1. The summed E-state index contributed by atoms with van der Waals surface area (Å²) in [4.78, 5) is 19.1. The van der Waals surface area contributed by atoms with E-state index in [2.05, 4.69) is 88.4 Å². The second-order valence-electron chi connectivity index (χ2n) is 12.3. The van der Waals surface area contributed by atoms with Crippen molar-refractivity contribution in [3.8, 4) is 22.8 Å². The lowest BCUT2D eigenvalue weighted by Gasteiger charge is -2.43. The van der Waals surface area contributed by atoms with Crippen LogP contribution in [0.3, 0.4) is 0 Å². The number of hydrogen-bond acceptors (Lipinski definition) is 9. The molecule has 2 aliphatic heterocycles. The van der Waals surface area contributed by atoms with Crippen LogP contribution in [0.25, 0.3) is 17.1 Å². The number of piperazine rings is 1. The molecule has 1 N–H and O–H groups in total. The number of aromatic nitrogens is 4. The van der Waals surface area contributed by atoms with Gasteiger partial charge in [-0.2, -0.15) is 10.1 Å². The highest BCUT2D eigenvalue weighted by Crippen LogP contribution is 2.36. The summed E-state index contributed by atoms with van der Waals surface area (Å²) in [5, 5.41) is 8.36. The summed E-state index contributed by atoms with van der Waals surface area (Å²) < 4.78 is 7.71. The molecule has 0 spiro atoms. The number of nitrogens with one attached hydrogen (secondary N) is 1. The first kappa shape index (κ1) is 32.7. The van der Waals surface area contributed by atoms with E-state index in [-0.39, 0.29) is 12.4 Å². The molecule has 2 aromatic heterocycles. The van der Waals surface area contributed by atoms with Gasteiger partial charge in [-0.3, -0.25) is 4.90 Å². The molecule has 0 saturated carbocycles. The van der Waals surface area contributed by atoms with E-state index >= 15 is 0 Å². The molecule has 2 aliphatic rings. The van der Waals surface area contributed by atoms with Crippen LogP contribution in [0.4, 0.5) is 17.3 Å². The SMILES string of the molecule is COc1cc(N2CCC(N3CCN(C)CC3)CC2)c(C)cc1Nc1nccc(-n2cc(CN(C)C)c(-c3ccccc3)n2)n1.Cl. The van der Waals surface area contributed by atoms with Gasteiger partial charge in [-0.1, -0.05) is 30.3 Å². The molecule has 4 heterocycles. The molecular weight excluding hydrogens is 586 g/mol. The molecule has 0 radical (unpaired) electrons. The highest BCUT2D eigenvalue weighted by atomic mass is 35.5. The Labute approximate surface area is 273 Å². The van der Waals surface area contributed by atoms with Crippen molar-refractivity contribution < 1.29 is 4.74 Å². The molecule has 240 valence electrons. The second-order valence-corrected chi connectivity index (χ2v) is 12.3. The summed E-state index contributed by atoms with van der Waals surface area (Å²) in [6.07, 6.45) is 6.21. The monoisotopic (exact) mass is 631 g/mol. The number of methoxy groups -OCH3 is 1. The van der Waals surface area contributed by atoms with E-state index in [0.717, 1.165) is 47.9 Å². The lowest BCUT2D eigenvalue weighted by molar-refractivity contribution is 0.0982. The highest BCUT2D eigenvalue weighted by Gasteiger charge is 2.27. The zero-order valence-electron chi connectivity index (χ0n) is 27.1. The van der Waals surface area contributed by atoms with Crippen LogP contribution in [-0.2, 0) is 6.54 Å². The molecular formula is C34H46ClN9O. The highest BCUT2D eigenvalue weighted by molar-refractivity contribution is 5.85. The minimum atomic E-state index is 0. The Hall–Kier alpha value is -3.70. The van der Waals surface area contributed by atoms with Gasteiger partial charge >= 0.3 is 0 Å².